The Morgan fingerprint density at radius 2 is 1.90 bits per heavy atom. The van der Waals surface area contributed by atoms with E-state index in [0.717, 1.165) is 37.4 Å². The van der Waals surface area contributed by atoms with Gasteiger partial charge in [-0.05, 0) is 30.5 Å². The number of H-pyrrole nitrogens is 1. The van der Waals surface area contributed by atoms with Crippen LogP contribution >= 0.6 is 0 Å². The van der Waals surface area contributed by atoms with Gasteiger partial charge >= 0.3 is 0 Å². The number of anilines is 1. The summed E-state index contributed by atoms with van der Waals surface area (Å²) < 4.78 is 0. The molecule has 0 aliphatic carbocycles. The number of carbonyl (C=O) groups excluding carboxylic acids is 2. The first kappa shape index (κ1) is 17.7. The summed E-state index contributed by atoms with van der Waals surface area (Å²) in [5.41, 5.74) is 8.50. The predicted molar refractivity (Wildman–Crippen MR) is 111 cm³/mol. The number of fused-ring (bicyclic) bond motifs is 3. The van der Waals surface area contributed by atoms with Crippen LogP contribution in [0.2, 0.25) is 0 Å². The summed E-state index contributed by atoms with van der Waals surface area (Å²) in [5, 5.41) is 0. The number of aromatic nitrogens is 2. The van der Waals surface area contributed by atoms with Crippen molar-refractivity contribution in [3.05, 3.63) is 59.7 Å². The fourth-order valence-corrected chi connectivity index (χ4v) is 4.63. The molecule has 29 heavy (non-hydrogen) atoms. The number of nitrogens with zero attached hydrogens (tertiary/aromatic N) is 3. The van der Waals surface area contributed by atoms with Gasteiger partial charge in [0.25, 0.3) is 5.91 Å². The van der Waals surface area contributed by atoms with Crippen molar-refractivity contribution in [3.63, 3.8) is 0 Å². The number of nitrogens with two attached hydrogens (primary N) is 1. The maximum Gasteiger partial charge on any atom is 0.250 e. The number of hydrogen-bond donors (Lipinski definition) is 2. The number of carbonyl (C=O) groups is 2. The summed E-state index contributed by atoms with van der Waals surface area (Å²) in [6.07, 6.45) is 2.27. The first-order valence-electron chi connectivity index (χ1n) is 9.99. The van der Waals surface area contributed by atoms with Crippen molar-refractivity contribution in [1.82, 2.24) is 14.9 Å². The third kappa shape index (κ3) is 3.12. The number of aromatic amines is 1. The molecular formula is C22H23N5O2. The first-order valence-corrected chi connectivity index (χ1v) is 9.99. The average Bonchev–Trinajstić information content (AvgIpc) is 3.45. The summed E-state index contributed by atoms with van der Waals surface area (Å²) in [5.74, 6) is 0.492. The van der Waals surface area contributed by atoms with E-state index in [4.69, 9.17) is 5.73 Å². The number of benzene rings is 2. The highest BCUT2D eigenvalue weighted by atomic mass is 16.2. The lowest BCUT2D eigenvalue weighted by molar-refractivity contribution is -0.132. The summed E-state index contributed by atoms with van der Waals surface area (Å²) in [6, 6.07) is 16.0. The molecule has 0 saturated carbocycles. The number of imidazole rings is 1. The van der Waals surface area contributed by atoms with Crippen molar-refractivity contribution < 1.29 is 9.59 Å². The van der Waals surface area contributed by atoms with Crippen LogP contribution in [0.4, 0.5) is 5.95 Å². The van der Waals surface area contributed by atoms with E-state index in [2.05, 4.69) is 27.0 Å². The standard InChI is InChI=1S/C22H23N5O2/c23-21(29)17-7-4-8-18-20(17)25-22(24-18)27-13-15-11-16(27)12-26(15)19(28)10-9-14-5-2-1-3-6-14/h1-8,15-16H,9-13H2,(H2,23,29)(H,24,25)/t15-,16-/m0/s1. The van der Waals surface area contributed by atoms with Crippen molar-refractivity contribution in [1.29, 1.82) is 0 Å². The second-order valence-corrected chi connectivity index (χ2v) is 7.85. The smallest absolute Gasteiger partial charge is 0.250 e. The highest BCUT2D eigenvalue weighted by Gasteiger charge is 2.45. The van der Waals surface area contributed by atoms with E-state index >= 15 is 0 Å². The Hall–Kier alpha value is -3.35. The van der Waals surface area contributed by atoms with Gasteiger partial charge in [0.05, 0.1) is 23.2 Å². The molecule has 0 unspecified atom stereocenters. The highest BCUT2D eigenvalue weighted by molar-refractivity contribution is 6.04. The fourth-order valence-electron chi connectivity index (χ4n) is 4.63. The summed E-state index contributed by atoms with van der Waals surface area (Å²) in [7, 11) is 0. The maximum absolute atomic E-state index is 12.7. The van der Waals surface area contributed by atoms with E-state index in [1.165, 1.54) is 5.56 Å². The van der Waals surface area contributed by atoms with Crippen LogP contribution in [0.3, 0.4) is 0 Å². The van der Waals surface area contributed by atoms with E-state index in [9.17, 15) is 9.59 Å². The molecule has 2 aliphatic heterocycles. The number of hydrogen-bond acceptors (Lipinski definition) is 4. The largest absolute Gasteiger partial charge is 0.366 e. The second kappa shape index (κ2) is 6.92. The van der Waals surface area contributed by atoms with E-state index in [0.29, 0.717) is 17.5 Å². The van der Waals surface area contributed by atoms with Crippen LogP contribution in [0.1, 0.15) is 28.8 Å². The molecule has 3 N–H and O–H groups in total. The summed E-state index contributed by atoms with van der Waals surface area (Å²) >= 11 is 0. The summed E-state index contributed by atoms with van der Waals surface area (Å²) in [4.78, 5) is 36.6. The Bertz CT molecular complexity index is 1080. The Kier molecular flexibility index (Phi) is 4.23. The molecule has 0 radical (unpaired) electrons. The third-order valence-electron chi connectivity index (χ3n) is 6.07. The number of piperazine rings is 1. The molecule has 3 aromatic rings. The van der Waals surface area contributed by atoms with Crippen molar-refractivity contribution in [2.45, 2.75) is 31.3 Å². The van der Waals surface area contributed by atoms with Crippen LogP contribution < -0.4 is 10.6 Å². The molecule has 1 aromatic heterocycles. The van der Waals surface area contributed by atoms with Crippen LogP contribution in [-0.2, 0) is 11.2 Å². The number of likely N-dealkylation sites (tertiary alicyclic amines) is 1. The monoisotopic (exact) mass is 389 g/mol. The van der Waals surface area contributed by atoms with Gasteiger partial charge in [-0.3, -0.25) is 9.59 Å². The molecule has 2 aromatic carbocycles. The molecule has 3 heterocycles. The number of primary amides is 1. The molecule has 0 spiro atoms. The number of nitrogens with one attached hydrogen (secondary N) is 1. The average molecular weight is 389 g/mol. The number of aryl methyl sites for hydroxylation is 1. The molecule has 7 nitrogen and oxygen atoms in total. The molecular weight excluding hydrogens is 366 g/mol. The molecule has 5 rings (SSSR count). The SMILES string of the molecule is NC(=O)c1cccc2[nH]c(N3C[C@@H]4C[C@H]3CN4C(=O)CCc3ccccc3)nc12. The van der Waals surface area contributed by atoms with Crippen LogP contribution in [0, 0.1) is 0 Å². The Morgan fingerprint density at radius 1 is 1.07 bits per heavy atom. The zero-order chi connectivity index (χ0) is 20.0. The lowest BCUT2D eigenvalue weighted by Gasteiger charge is -2.34. The number of amides is 2. The number of para-hydroxylation sites is 1. The van der Waals surface area contributed by atoms with Crippen molar-refractivity contribution >= 4 is 28.8 Å². The first-order chi connectivity index (χ1) is 14.1. The van der Waals surface area contributed by atoms with Gasteiger partial charge in [0, 0.05) is 19.5 Å². The van der Waals surface area contributed by atoms with E-state index in [-0.39, 0.29) is 18.0 Å². The van der Waals surface area contributed by atoms with Gasteiger partial charge in [-0.15, -0.1) is 0 Å². The molecule has 2 atom stereocenters. The normalized spacial score (nSPS) is 20.6. The summed E-state index contributed by atoms with van der Waals surface area (Å²) in [6.45, 7) is 1.48. The minimum absolute atomic E-state index is 0.215. The van der Waals surface area contributed by atoms with E-state index in [1.54, 1.807) is 12.1 Å². The molecule has 2 amide bonds. The zero-order valence-corrected chi connectivity index (χ0v) is 16.0. The van der Waals surface area contributed by atoms with E-state index in [1.807, 2.05) is 29.2 Å². The maximum atomic E-state index is 12.7. The lowest BCUT2D eigenvalue weighted by Crippen LogP contribution is -2.49. The second-order valence-electron chi connectivity index (χ2n) is 7.85. The van der Waals surface area contributed by atoms with Gasteiger partial charge < -0.3 is 20.5 Å². The third-order valence-corrected chi connectivity index (χ3v) is 6.07. The Balaban J connectivity index is 1.28. The van der Waals surface area contributed by atoms with Gasteiger partial charge in [0.1, 0.15) is 5.52 Å². The van der Waals surface area contributed by atoms with Crippen molar-refractivity contribution in [2.75, 3.05) is 18.0 Å². The van der Waals surface area contributed by atoms with Crippen LogP contribution in [0.5, 0.6) is 0 Å². The van der Waals surface area contributed by atoms with Gasteiger partial charge in [0.15, 0.2) is 0 Å². The topological polar surface area (TPSA) is 95.3 Å². The molecule has 2 aliphatic rings. The molecule has 2 fully saturated rings. The minimum atomic E-state index is -0.480. The number of rotatable bonds is 5. The lowest BCUT2D eigenvalue weighted by atomic mass is 10.1. The Morgan fingerprint density at radius 3 is 2.62 bits per heavy atom. The Labute approximate surface area is 168 Å². The van der Waals surface area contributed by atoms with Gasteiger partial charge in [-0.25, -0.2) is 4.98 Å². The quantitative estimate of drug-likeness (QED) is 0.698. The van der Waals surface area contributed by atoms with Gasteiger partial charge in [0.2, 0.25) is 11.9 Å². The van der Waals surface area contributed by atoms with Crippen molar-refractivity contribution in [2.24, 2.45) is 5.73 Å². The van der Waals surface area contributed by atoms with Gasteiger partial charge in [-0.1, -0.05) is 36.4 Å². The molecule has 2 saturated heterocycles. The molecule has 7 heteroatoms. The minimum Gasteiger partial charge on any atom is -0.366 e. The van der Waals surface area contributed by atoms with Crippen LogP contribution in [0.15, 0.2) is 48.5 Å². The molecule has 2 bridgehead atoms. The predicted octanol–water partition coefficient (Wildman–Crippen LogP) is 2.08. The van der Waals surface area contributed by atoms with Crippen LogP contribution in [0.25, 0.3) is 11.0 Å². The zero-order valence-electron chi connectivity index (χ0n) is 16.0. The van der Waals surface area contributed by atoms with Gasteiger partial charge in [-0.2, -0.15) is 0 Å². The highest BCUT2D eigenvalue weighted by Crippen LogP contribution is 2.35. The fraction of sp³-hybridized carbons (Fsp3) is 0.318. The van der Waals surface area contributed by atoms with Crippen LogP contribution in [-0.4, -0.2) is 51.9 Å². The molecule has 148 valence electrons. The van der Waals surface area contributed by atoms with Crippen molar-refractivity contribution in [3.8, 4) is 0 Å². The van der Waals surface area contributed by atoms with E-state index < -0.39 is 5.91 Å².